The molecule has 1 aliphatic carbocycles. The van der Waals surface area contributed by atoms with Crippen molar-refractivity contribution in [3.8, 4) is 0 Å². The number of nitrogens with zero attached hydrogens (tertiary/aromatic N) is 1. The van der Waals surface area contributed by atoms with Crippen molar-refractivity contribution in [3.05, 3.63) is 22.4 Å². The second-order valence-electron chi connectivity index (χ2n) is 5.28. The Morgan fingerprint density at radius 3 is 2.65 bits per heavy atom. The Hall–Kier alpha value is -0.360. The van der Waals surface area contributed by atoms with Gasteiger partial charge >= 0.3 is 0 Å². The van der Waals surface area contributed by atoms with Gasteiger partial charge in [-0.05, 0) is 30.7 Å². The first-order valence-corrected chi connectivity index (χ1v) is 8.92. The summed E-state index contributed by atoms with van der Waals surface area (Å²) in [6.45, 7) is 4.24. The van der Waals surface area contributed by atoms with Crippen LogP contribution in [-0.4, -0.2) is 19.4 Å². The van der Waals surface area contributed by atoms with E-state index in [4.69, 9.17) is 23.2 Å². The predicted molar refractivity (Wildman–Crippen MR) is 80.5 cm³/mol. The number of nitrogens with one attached hydrogen (secondary N) is 1. The van der Waals surface area contributed by atoms with E-state index in [-0.39, 0.29) is 21.1 Å². The minimum Gasteiger partial charge on any atom is -0.242 e. The maximum absolute atomic E-state index is 12.3. The van der Waals surface area contributed by atoms with Crippen molar-refractivity contribution < 1.29 is 8.42 Å². The van der Waals surface area contributed by atoms with Gasteiger partial charge in [0.25, 0.3) is 0 Å². The van der Waals surface area contributed by atoms with Crippen molar-refractivity contribution in [2.75, 3.05) is 0 Å². The molecule has 3 unspecified atom stereocenters. The third-order valence-electron chi connectivity index (χ3n) is 4.14. The number of rotatable bonds is 4. The van der Waals surface area contributed by atoms with Crippen LogP contribution in [0.3, 0.4) is 0 Å². The standard InChI is InChI=1S/C13H18Cl2N2O2S/c1-3-9-4-5-12(8(9)2)17-20(18,19)10-6-11(14)13(15)16-7-10/h6-9,12,17H,3-5H2,1-2H3. The van der Waals surface area contributed by atoms with Crippen LogP contribution in [0.25, 0.3) is 0 Å². The van der Waals surface area contributed by atoms with Crippen LogP contribution in [0.15, 0.2) is 17.2 Å². The van der Waals surface area contributed by atoms with E-state index in [2.05, 4.69) is 23.6 Å². The maximum atomic E-state index is 12.3. The molecule has 0 aliphatic heterocycles. The highest BCUT2D eigenvalue weighted by Crippen LogP contribution is 2.34. The highest BCUT2D eigenvalue weighted by molar-refractivity contribution is 7.89. The minimum atomic E-state index is -3.60. The van der Waals surface area contributed by atoms with Crippen molar-refractivity contribution in [1.29, 1.82) is 0 Å². The van der Waals surface area contributed by atoms with E-state index in [0.717, 1.165) is 19.3 Å². The molecule has 0 amide bonds. The summed E-state index contributed by atoms with van der Waals surface area (Å²) in [6.07, 6.45) is 4.24. The number of hydrogen-bond acceptors (Lipinski definition) is 3. The molecule has 0 bridgehead atoms. The van der Waals surface area contributed by atoms with Crippen LogP contribution in [-0.2, 0) is 10.0 Å². The van der Waals surface area contributed by atoms with Crippen LogP contribution < -0.4 is 4.72 Å². The summed E-state index contributed by atoms with van der Waals surface area (Å²) in [5, 5.41) is 0.242. The van der Waals surface area contributed by atoms with Crippen molar-refractivity contribution in [2.45, 2.75) is 44.0 Å². The Bertz CT molecular complexity index is 592. The number of pyridine rings is 1. The first-order chi connectivity index (χ1) is 9.35. The van der Waals surface area contributed by atoms with E-state index >= 15 is 0 Å². The fourth-order valence-corrected chi connectivity index (χ4v) is 4.47. The SMILES string of the molecule is CCC1CCC(NS(=O)(=O)c2cnc(Cl)c(Cl)c2)C1C. The van der Waals surface area contributed by atoms with Crippen LogP contribution in [0.1, 0.15) is 33.1 Å². The molecule has 1 aliphatic rings. The molecular formula is C13H18Cl2N2O2S. The Morgan fingerprint density at radius 2 is 2.10 bits per heavy atom. The summed E-state index contributed by atoms with van der Waals surface area (Å²) in [5.74, 6) is 0.917. The van der Waals surface area contributed by atoms with Crippen LogP contribution in [0, 0.1) is 11.8 Å². The topological polar surface area (TPSA) is 59.1 Å². The van der Waals surface area contributed by atoms with Gasteiger partial charge in [0.1, 0.15) is 10.0 Å². The van der Waals surface area contributed by atoms with E-state index in [0.29, 0.717) is 11.8 Å². The zero-order chi connectivity index (χ0) is 14.9. The van der Waals surface area contributed by atoms with Gasteiger partial charge < -0.3 is 0 Å². The summed E-state index contributed by atoms with van der Waals surface area (Å²) in [7, 11) is -3.60. The summed E-state index contributed by atoms with van der Waals surface area (Å²) < 4.78 is 27.4. The lowest BCUT2D eigenvalue weighted by Gasteiger charge is -2.20. The molecule has 1 aromatic rings. The van der Waals surface area contributed by atoms with Crippen molar-refractivity contribution in [3.63, 3.8) is 0 Å². The van der Waals surface area contributed by atoms with E-state index in [1.54, 1.807) is 0 Å². The molecule has 0 aromatic carbocycles. The summed E-state index contributed by atoms with van der Waals surface area (Å²) in [5.41, 5.74) is 0. The Morgan fingerprint density at radius 1 is 1.40 bits per heavy atom. The van der Waals surface area contributed by atoms with E-state index in [9.17, 15) is 8.42 Å². The lowest BCUT2D eigenvalue weighted by atomic mass is 9.94. The smallest absolute Gasteiger partial charge is 0.242 e. The maximum Gasteiger partial charge on any atom is 0.242 e. The van der Waals surface area contributed by atoms with E-state index in [1.807, 2.05) is 0 Å². The molecule has 7 heteroatoms. The molecule has 112 valence electrons. The summed E-state index contributed by atoms with van der Waals surface area (Å²) in [4.78, 5) is 3.84. The van der Waals surface area contributed by atoms with Gasteiger partial charge in [0, 0.05) is 12.2 Å². The lowest BCUT2D eigenvalue weighted by molar-refractivity contribution is 0.368. The summed E-state index contributed by atoms with van der Waals surface area (Å²) >= 11 is 11.5. The van der Waals surface area contributed by atoms with Crippen LogP contribution >= 0.6 is 23.2 Å². The van der Waals surface area contributed by atoms with Gasteiger partial charge in [-0.25, -0.2) is 18.1 Å². The highest BCUT2D eigenvalue weighted by atomic mass is 35.5. The normalized spacial score (nSPS) is 26.9. The second kappa shape index (κ2) is 6.18. The van der Waals surface area contributed by atoms with Crippen LogP contribution in [0.5, 0.6) is 0 Å². The molecule has 0 radical (unpaired) electrons. The van der Waals surface area contributed by atoms with Crippen molar-refractivity contribution >= 4 is 33.2 Å². The number of aromatic nitrogens is 1. The van der Waals surface area contributed by atoms with Gasteiger partial charge in [0.15, 0.2) is 0 Å². The quantitative estimate of drug-likeness (QED) is 0.856. The van der Waals surface area contributed by atoms with Gasteiger partial charge in [0.2, 0.25) is 10.0 Å². The van der Waals surface area contributed by atoms with Gasteiger partial charge in [-0.3, -0.25) is 0 Å². The Labute approximate surface area is 129 Å². The summed E-state index contributed by atoms with van der Waals surface area (Å²) in [6, 6.07) is 1.30. The zero-order valence-corrected chi connectivity index (χ0v) is 13.8. The Kier molecular flexibility index (Phi) is 4.95. The molecular weight excluding hydrogens is 319 g/mol. The fourth-order valence-electron chi connectivity index (χ4n) is 2.81. The van der Waals surface area contributed by atoms with Crippen molar-refractivity contribution in [2.24, 2.45) is 11.8 Å². The molecule has 2 rings (SSSR count). The third-order valence-corrected chi connectivity index (χ3v) is 6.28. The molecule has 4 nitrogen and oxygen atoms in total. The molecule has 20 heavy (non-hydrogen) atoms. The minimum absolute atomic E-state index is 0.0283. The molecule has 3 atom stereocenters. The largest absolute Gasteiger partial charge is 0.242 e. The molecule has 0 spiro atoms. The van der Waals surface area contributed by atoms with E-state index in [1.165, 1.54) is 12.3 Å². The monoisotopic (exact) mass is 336 g/mol. The third kappa shape index (κ3) is 3.27. The number of hydrogen-bond donors (Lipinski definition) is 1. The molecule has 1 N–H and O–H groups in total. The highest BCUT2D eigenvalue weighted by Gasteiger charge is 2.34. The predicted octanol–water partition coefficient (Wildman–Crippen LogP) is 3.49. The second-order valence-corrected chi connectivity index (χ2v) is 7.76. The first-order valence-electron chi connectivity index (χ1n) is 6.68. The Balaban J connectivity index is 2.17. The van der Waals surface area contributed by atoms with Crippen LogP contribution in [0.2, 0.25) is 10.2 Å². The number of sulfonamides is 1. The fraction of sp³-hybridized carbons (Fsp3) is 0.615. The van der Waals surface area contributed by atoms with E-state index < -0.39 is 10.0 Å². The first kappa shape index (κ1) is 16.0. The van der Waals surface area contributed by atoms with Gasteiger partial charge in [-0.1, -0.05) is 43.5 Å². The molecule has 1 heterocycles. The van der Waals surface area contributed by atoms with Crippen LogP contribution in [0.4, 0.5) is 0 Å². The van der Waals surface area contributed by atoms with Crippen molar-refractivity contribution in [1.82, 2.24) is 9.71 Å². The molecule has 1 fully saturated rings. The molecule has 0 saturated heterocycles. The van der Waals surface area contributed by atoms with Gasteiger partial charge in [-0.2, -0.15) is 0 Å². The molecule has 1 aromatic heterocycles. The van der Waals surface area contributed by atoms with Gasteiger partial charge in [0.05, 0.1) is 5.02 Å². The van der Waals surface area contributed by atoms with Gasteiger partial charge in [-0.15, -0.1) is 0 Å². The molecule has 1 saturated carbocycles. The zero-order valence-electron chi connectivity index (χ0n) is 11.4. The average Bonchev–Trinajstić information content (AvgIpc) is 2.73. The average molecular weight is 337 g/mol. The lowest BCUT2D eigenvalue weighted by Crippen LogP contribution is -2.37. The number of halogens is 2.